The van der Waals surface area contributed by atoms with Gasteiger partial charge in [0, 0.05) is 5.75 Å². The number of rotatable bonds is 5. The van der Waals surface area contributed by atoms with Crippen LogP contribution in [0.5, 0.6) is 0 Å². The highest BCUT2D eigenvalue weighted by molar-refractivity contribution is 7.91. The first-order valence-corrected chi connectivity index (χ1v) is 6.05. The van der Waals surface area contributed by atoms with E-state index in [2.05, 4.69) is 0 Å². The number of nitrogens with two attached hydrogens (primary N) is 1. The van der Waals surface area contributed by atoms with Crippen LogP contribution in [-0.2, 0) is 9.84 Å². The molecule has 2 N–H and O–H groups in total. The van der Waals surface area contributed by atoms with Crippen LogP contribution in [0.3, 0.4) is 0 Å². The average Bonchev–Trinajstić information content (AvgIpc) is 2.02. The van der Waals surface area contributed by atoms with E-state index in [4.69, 9.17) is 5.73 Å². The maximum Gasteiger partial charge on any atom is 0.150 e. The number of sulfone groups is 1. The minimum atomic E-state index is -2.82. The van der Waals surface area contributed by atoms with Crippen LogP contribution in [0, 0.1) is 5.41 Å². The van der Waals surface area contributed by atoms with E-state index in [-0.39, 0.29) is 16.9 Å². The van der Waals surface area contributed by atoms with E-state index >= 15 is 0 Å². The molecule has 0 aliphatic carbocycles. The van der Waals surface area contributed by atoms with Crippen molar-refractivity contribution in [3.63, 3.8) is 0 Å². The van der Waals surface area contributed by atoms with E-state index in [0.29, 0.717) is 13.0 Å². The largest absolute Gasteiger partial charge is 0.330 e. The lowest BCUT2D eigenvalue weighted by Gasteiger charge is -2.21. The SMILES string of the molecule is CCS(=O)(=O)CCC(C)(C)CN. The fourth-order valence-corrected chi connectivity index (χ4v) is 1.83. The van der Waals surface area contributed by atoms with Crippen molar-refractivity contribution in [3.8, 4) is 0 Å². The van der Waals surface area contributed by atoms with Crippen molar-refractivity contribution >= 4 is 9.84 Å². The molecule has 0 amide bonds. The third-order valence-electron chi connectivity index (χ3n) is 2.08. The Morgan fingerprint density at radius 2 is 1.83 bits per heavy atom. The molecule has 0 aromatic heterocycles. The van der Waals surface area contributed by atoms with Crippen LogP contribution in [-0.4, -0.2) is 26.5 Å². The third-order valence-corrected chi connectivity index (χ3v) is 3.79. The molecule has 0 rings (SSSR count). The highest BCUT2D eigenvalue weighted by Crippen LogP contribution is 2.18. The van der Waals surface area contributed by atoms with E-state index < -0.39 is 9.84 Å². The summed E-state index contributed by atoms with van der Waals surface area (Å²) in [6, 6.07) is 0. The molecule has 0 unspecified atom stereocenters. The van der Waals surface area contributed by atoms with Crippen LogP contribution in [0.15, 0.2) is 0 Å². The van der Waals surface area contributed by atoms with E-state index in [1.165, 1.54) is 0 Å². The van der Waals surface area contributed by atoms with Gasteiger partial charge in [-0.1, -0.05) is 20.8 Å². The predicted octanol–water partition coefficient (Wildman–Crippen LogP) is 0.796. The standard InChI is InChI=1S/C8H19NO2S/c1-4-12(10,11)6-5-8(2,3)7-9/h4-7,9H2,1-3H3. The molecule has 12 heavy (non-hydrogen) atoms. The van der Waals surface area contributed by atoms with Gasteiger partial charge in [-0.15, -0.1) is 0 Å². The molecule has 74 valence electrons. The van der Waals surface area contributed by atoms with Gasteiger partial charge in [-0.05, 0) is 18.4 Å². The Balaban J connectivity index is 4.00. The molecule has 0 radical (unpaired) electrons. The molecule has 0 atom stereocenters. The average molecular weight is 193 g/mol. The summed E-state index contributed by atoms with van der Waals surface area (Å²) >= 11 is 0. The molecule has 0 aliphatic rings. The van der Waals surface area contributed by atoms with Crippen LogP contribution in [0.25, 0.3) is 0 Å². The van der Waals surface area contributed by atoms with Gasteiger partial charge < -0.3 is 5.73 Å². The van der Waals surface area contributed by atoms with Crippen molar-refractivity contribution in [1.82, 2.24) is 0 Å². The van der Waals surface area contributed by atoms with Gasteiger partial charge in [0.15, 0.2) is 0 Å². The lowest BCUT2D eigenvalue weighted by Crippen LogP contribution is -2.26. The second kappa shape index (κ2) is 4.23. The van der Waals surface area contributed by atoms with Crippen molar-refractivity contribution < 1.29 is 8.42 Å². The summed E-state index contributed by atoms with van der Waals surface area (Å²) in [7, 11) is -2.82. The molecular weight excluding hydrogens is 174 g/mol. The zero-order chi connectivity index (χ0) is 9.83. The van der Waals surface area contributed by atoms with Gasteiger partial charge in [-0.3, -0.25) is 0 Å². The molecule has 0 aromatic carbocycles. The van der Waals surface area contributed by atoms with Crippen molar-refractivity contribution in [3.05, 3.63) is 0 Å². The zero-order valence-corrected chi connectivity index (χ0v) is 8.95. The van der Waals surface area contributed by atoms with E-state index in [9.17, 15) is 8.42 Å². The van der Waals surface area contributed by atoms with Gasteiger partial charge in [-0.2, -0.15) is 0 Å². The Hall–Kier alpha value is -0.0900. The monoisotopic (exact) mass is 193 g/mol. The Morgan fingerprint density at radius 3 is 2.17 bits per heavy atom. The Morgan fingerprint density at radius 1 is 1.33 bits per heavy atom. The normalized spacial score (nSPS) is 13.3. The zero-order valence-electron chi connectivity index (χ0n) is 8.13. The van der Waals surface area contributed by atoms with Gasteiger partial charge >= 0.3 is 0 Å². The van der Waals surface area contributed by atoms with Gasteiger partial charge in [0.25, 0.3) is 0 Å². The van der Waals surface area contributed by atoms with Crippen LogP contribution in [0.1, 0.15) is 27.2 Å². The van der Waals surface area contributed by atoms with Crippen LogP contribution >= 0.6 is 0 Å². The molecule has 0 aromatic rings. The van der Waals surface area contributed by atoms with Crippen LogP contribution < -0.4 is 5.73 Å². The predicted molar refractivity (Wildman–Crippen MR) is 51.8 cm³/mol. The quantitative estimate of drug-likeness (QED) is 0.702. The molecule has 3 nitrogen and oxygen atoms in total. The molecule has 0 bridgehead atoms. The summed E-state index contributed by atoms with van der Waals surface area (Å²) in [6.07, 6.45) is 0.652. The number of hydrogen-bond donors (Lipinski definition) is 1. The first kappa shape index (κ1) is 11.9. The lowest BCUT2D eigenvalue weighted by molar-refractivity contribution is 0.365. The van der Waals surface area contributed by atoms with Crippen LogP contribution in [0.2, 0.25) is 0 Å². The summed E-state index contributed by atoms with van der Waals surface area (Å²) in [5, 5.41) is 0. The van der Waals surface area contributed by atoms with Crippen molar-refractivity contribution in [2.45, 2.75) is 27.2 Å². The topological polar surface area (TPSA) is 60.2 Å². The Bertz CT molecular complexity index is 219. The fourth-order valence-electron chi connectivity index (χ4n) is 0.678. The smallest absolute Gasteiger partial charge is 0.150 e. The van der Waals surface area contributed by atoms with Crippen LogP contribution in [0.4, 0.5) is 0 Å². The summed E-state index contributed by atoms with van der Waals surface area (Å²) in [5.41, 5.74) is 5.43. The van der Waals surface area contributed by atoms with E-state index in [1.54, 1.807) is 6.92 Å². The first-order chi connectivity index (χ1) is 5.33. The molecule has 0 aliphatic heterocycles. The number of hydrogen-bond acceptors (Lipinski definition) is 3. The third kappa shape index (κ3) is 4.72. The maximum absolute atomic E-state index is 11.1. The van der Waals surface area contributed by atoms with Gasteiger partial charge in [0.2, 0.25) is 0 Å². The minimum Gasteiger partial charge on any atom is -0.330 e. The van der Waals surface area contributed by atoms with Crippen molar-refractivity contribution in [2.75, 3.05) is 18.1 Å². The van der Waals surface area contributed by atoms with Crippen molar-refractivity contribution in [2.24, 2.45) is 11.1 Å². The highest BCUT2D eigenvalue weighted by atomic mass is 32.2. The second-order valence-corrected chi connectivity index (χ2v) is 6.33. The molecular formula is C8H19NO2S. The molecule has 0 fully saturated rings. The molecule has 0 saturated heterocycles. The summed E-state index contributed by atoms with van der Waals surface area (Å²) in [5.74, 6) is 0.487. The highest BCUT2D eigenvalue weighted by Gasteiger charge is 2.18. The Kier molecular flexibility index (Phi) is 4.20. The Labute approximate surface area is 75.3 Å². The summed E-state index contributed by atoms with van der Waals surface area (Å²) in [4.78, 5) is 0. The molecule has 0 spiro atoms. The lowest BCUT2D eigenvalue weighted by atomic mass is 9.91. The van der Waals surface area contributed by atoms with Crippen molar-refractivity contribution in [1.29, 1.82) is 0 Å². The maximum atomic E-state index is 11.1. The minimum absolute atomic E-state index is 0.0533. The first-order valence-electron chi connectivity index (χ1n) is 4.23. The molecule has 0 saturated carbocycles. The van der Waals surface area contributed by atoms with Gasteiger partial charge in [0.05, 0.1) is 5.75 Å². The summed E-state index contributed by atoms with van der Waals surface area (Å²) in [6.45, 7) is 6.17. The molecule has 4 heteroatoms. The molecule has 0 heterocycles. The van der Waals surface area contributed by atoms with E-state index in [0.717, 1.165) is 0 Å². The van der Waals surface area contributed by atoms with Gasteiger partial charge in [0.1, 0.15) is 9.84 Å². The second-order valence-electron chi connectivity index (χ2n) is 3.85. The van der Waals surface area contributed by atoms with E-state index in [1.807, 2.05) is 13.8 Å². The van der Waals surface area contributed by atoms with Gasteiger partial charge in [-0.25, -0.2) is 8.42 Å². The fraction of sp³-hybridized carbons (Fsp3) is 1.00. The summed E-state index contributed by atoms with van der Waals surface area (Å²) < 4.78 is 22.2.